The average molecular weight is 372 g/mol. The normalized spacial score (nSPS) is 15.3. The van der Waals surface area contributed by atoms with Gasteiger partial charge in [0, 0.05) is 39.3 Å². The maximum Gasteiger partial charge on any atom is 0.225 e. The Bertz CT molecular complexity index is 787. The molecule has 0 aliphatic carbocycles. The Hall–Kier alpha value is -2.38. The number of fused-ring (bicyclic) bond motifs is 1. The minimum absolute atomic E-state index is 0.0505. The Balaban J connectivity index is 1.67. The first-order valence-corrected chi connectivity index (χ1v) is 9.35. The molecule has 0 fully saturated rings. The number of carbonyl (C=O) groups excluding carboxylic acids is 1. The van der Waals surface area contributed by atoms with Crippen LogP contribution in [0.1, 0.15) is 36.4 Å². The molecule has 1 N–H and O–H groups in total. The standard InChI is InChI=1S/C20H28N4O3/c1-4-27-19-8-6-5-7-15(19)13-23-9-10-24-16(14-23)11-17(21-24)18(25)12-20(26)22(2)3/h5-8,11,18,25H,4,9-10,12-14H2,1-3H3. The largest absolute Gasteiger partial charge is 0.494 e. The van der Waals surface area contributed by atoms with E-state index in [-0.39, 0.29) is 12.3 Å². The van der Waals surface area contributed by atoms with Crippen molar-refractivity contribution in [2.24, 2.45) is 0 Å². The van der Waals surface area contributed by atoms with Gasteiger partial charge in [-0.25, -0.2) is 0 Å². The number of amides is 1. The fourth-order valence-electron chi connectivity index (χ4n) is 3.26. The van der Waals surface area contributed by atoms with Crippen molar-refractivity contribution < 1.29 is 14.6 Å². The van der Waals surface area contributed by atoms with E-state index in [1.807, 2.05) is 35.9 Å². The fraction of sp³-hybridized carbons (Fsp3) is 0.500. The Kier molecular flexibility index (Phi) is 6.13. The number of benzene rings is 1. The number of carbonyl (C=O) groups is 1. The highest BCUT2D eigenvalue weighted by molar-refractivity contribution is 5.76. The lowest BCUT2D eigenvalue weighted by Crippen LogP contribution is -2.33. The number of para-hydroxylation sites is 1. The van der Waals surface area contributed by atoms with E-state index in [0.717, 1.165) is 37.6 Å². The summed E-state index contributed by atoms with van der Waals surface area (Å²) in [6.45, 7) is 5.84. The first-order chi connectivity index (χ1) is 13.0. The van der Waals surface area contributed by atoms with Crippen LogP contribution in [0.15, 0.2) is 30.3 Å². The lowest BCUT2D eigenvalue weighted by Gasteiger charge is -2.28. The predicted octanol–water partition coefficient (Wildman–Crippen LogP) is 1.81. The minimum Gasteiger partial charge on any atom is -0.494 e. The summed E-state index contributed by atoms with van der Waals surface area (Å²) in [6, 6.07) is 10.0. The van der Waals surface area contributed by atoms with E-state index in [4.69, 9.17) is 4.74 Å². The van der Waals surface area contributed by atoms with Gasteiger partial charge in [-0.3, -0.25) is 14.4 Å². The molecule has 1 aromatic heterocycles. The molecule has 1 aliphatic rings. The molecule has 2 aromatic rings. The van der Waals surface area contributed by atoms with E-state index in [1.54, 1.807) is 14.1 Å². The zero-order valence-electron chi connectivity index (χ0n) is 16.3. The number of aliphatic hydroxyl groups is 1. The van der Waals surface area contributed by atoms with Gasteiger partial charge in [-0.2, -0.15) is 5.10 Å². The van der Waals surface area contributed by atoms with Gasteiger partial charge in [0.1, 0.15) is 11.9 Å². The van der Waals surface area contributed by atoms with Crippen LogP contribution in [0.2, 0.25) is 0 Å². The van der Waals surface area contributed by atoms with E-state index in [0.29, 0.717) is 12.3 Å². The van der Waals surface area contributed by atoms with Crippen molar-refractivity contribution in [2.45, 2.75) is 39.1 Å². The average Bonchev–Trinajstić information content (AvgIpc) is 3.07. The van der Waals surface area contributed by atoms with Gasteiger partial charge in [0.05, 0.1) is 31.0 Å². The Morgan fingerprint density at radius 1 is 1.33 bits per heavy atom. The molecule has 0 saturated heterocycles. The maximum absolute atomic E-state index is 11.8. The summed E-state index contributed by atoms with van der Waals surface area (Å²) in [6.07, 6.45) is -0.820. The van der Waals surface area contributed by atoms with Gasteiger partial charge in [-0.1, -0.05) is 18.2 Å². The van der Waals surface area contributed by atoms with E-state index in [9.17, 15) is 9.90 Å². The fourth-order valence-corrected chi connectivity index (χ4v) is 3.26. The van der Waals surface area contributed by atoms with Gasteiger partial charge in [0.25, 0.3) is 0 Å². The van der Waals surface area contributed by atoms with Crippen molar-refractivity contribution in [1.29, 1.82) is 0 Å². The summed E-state index contributed by atoms with van der Waals surface area (Å²) in [5.74, 6) is 0.819. The van der Waals surface area contributed by atoms with Gasteiger partial charge < -0.3 is 14.7 Å². The van der Waals surface area contributed by atoms with Gasteiger partial charge >= 0.3 is 0 Å². The zero-order chi connectivity index (χ0) is 19.4. The highest BCUT2D eigenvalue weighted by atomic mass is 16.5. The maximum atomic E-state index is 11.8. The zero-order valence-corrected chi connectivity index (χ0v) is 16.3. The molecule has 3 rings (SSSR count). The molecule has 2 heterocycles. The van der Waals surface area contributed by atoms with Crippen LogP contribution >= 0.6 is 0 Å². The van der Waals surface area contributed by atoms with Crippen molar-refractivity contribution in [1.82, 2.24) is 19.6 Å². The molecule has 7 nitrogen and oxygen atoms in total. The number of aromatic nitrogens is 2. The smallest absolute Gasteiger partial charge is 0.225 e. The lowest BCUT2D eigenvalue weighted by atomic mass is 10.1. The summed E-state index contributed by atoms with van der Waals surface area (Å²) < 4.78 is 7.66. The van der Waals surface area contributed by atoms with E-state index >= 15 is 0 Å². The van der Waals surface area contributed by atoms with Crippen LogP contribution in [-0.2, 0) is 24.4 Å². The molecule has 0 bridgehead atoms. The Labute approximate surface area is 160 Å². The van der Waals surface area contributed by atoms with E-state index < -0.39 is 6.10 Å². The monoisotopic (exact) mass is 372 g/mol. The molecule has 1 unspecified atom stereocenters. The number of aliphatic hydroxyl groups excluding tert-OH is 1. The summed E-state index contributed by atoms with van der Waals surface area (Å²) in [5, 5.41) is 14.8. The number of hydrogen-bond donors (Lipinski definition) is 1. The van der Waals surface area contributed by atoms with Crippen LogP contribution in [-0.4, -0.2) is 57.8 Å². The number of ether oxygens (including phenoxy) is 1. The second-order valence-electron chi connectivity index (χ2n) is 7.04. The summed E-state index contributed by atoms with van der Waals surface area (Å²) in [5.41, 5.74) is 2.79. The molecule has 0 radical (unpaired) electrons. The quantitative estimate of drug-likeness (QED) is 0.803. The van der Waals surface area contributed by atoms with E-state index in [2.05, 4.69) is 16.1 Å². The number of rotatable bonds is 7. The van der Waals surface area contributed by atoms with Crippen LogP contribution in [0.4, 0.5) is 0 Å². The molecule has 1 amide bonds. The third-order valence-corrected chi connectivity index (χ3v) is 4.77. The second-order valence-corrected chi connectivity index (χ2v) is 7.04. The summed E-state index contributed by atoms with van der Waals surface area (Å²) in [7, 11) is 3.37. The number of hydrogen-bond acceptors (Lipinski definition) is 5. The van der Waals surface area contributed by atoms with E-state index in [1.165, 1.54) is 10.5 Å². The third kappa shape index (κ3) is 4.67. The van der Waals surface area contributed by atoms with Crippen molar-refractivity contribution >= 4 is 5.91 Å². The molecular formula is C20H28N4O3. The van der Waals surface area contributed by atoms with Crippen molar-refractivity contribution in [2.75, 3.05) is 27.2 Å². The highest BCUT2D eigenvalue weighted by Crippen LogP contribution is 2.24. The molecule has 0 saturated carbocycles. The SMILES string of the molecule is CCOc1ccccc1CN1CCn2nc(C(O)CC(=O)N(C)C)cc2C1. The van der Waals surface area contributed by atoms with Crippen LogP contribution < -0.4 is 4.74 Å². The minimum atomic E-state index is -0.870. The summed E-state index contributed by atoms with van der Waals surface area (Å²) in [4.78, 5) is 15.6. The molecule has 1 aromatic carbocycles. The first kappa shape index (κ1) is 19.4. The molecule has 7 heteroatoms. The van der Waals surface area contributed by atoms with Gasteiger partial charge in [0.15, 0.2) is 0 Å². The van der Waals surface area contributed by atoms with Crippen molar-refractivity contribution in [3.8, 4) is 5.75 Å². The molecular weight excluding hydrogens is 344 g/mol. The molecule has 1 atom stereocenters. The van der Waals surface area contributed by atoms with Gasteiger partial charge in [-0.05, 0) is 19.1 Å². The van der Waals surface area contributed by atoms with Crippen molar-refractivity contribution in [3.05, 3.63) is 47.3 Å². The van der Waals surface area contributed by atoms with Crippen molar-refractivity contribution in [3.63, 3.8) is 0 Å². The molecule has 146 valence electrons. The second kappa shape index (κ2) is 8.54. The molecule has 0 spiro atoms. The molecule has 1 aliphatic heterocycles. The van der Waals surface area contributed by atoms with Crippen LogP contribution in [0.25, 0.3) is 0 Å². The topological polar surface area (TPSA) is 70.8 Å². The first-order valence-electron chi connectivity index (χ1n) is 9.35. The van der Waals surface area contributed by atoms with Crippen LogP contribution in [0, 0.1) is 0 Å². The lowest BCUT2D eigenvalue weighted by molar-refractivity contribution is -0.130. The summed E-state index contributed by atoms with van der Waals surface area (Å²) >= 11 is 0. The number of nitrogens with zero attached hydrogens (tertiary/aromatic N) is 4. The molecule has 27 heavy (non-hydrogen) atoms. The predicted molar refractivity (Wildman–Crippen MR) is 102 cm³/mol. The van der Waals surface area contributed by atoms with Gasteiger partial charge in [0.2, 0.25) is 5.91 Å². The van der Waals surface area contributed by atoms with Crippen LogP contribution in [0.3, 0.4) is 0 Å². The van der Waals surface area contributed by atoms with Crippen LogP contribution in [0.5, 0.6) is 5.75 Å². The third-order valence-electron chi connectivity index (χ3n) is 4.77. The highest BCUT2D eigenvalue weighted by Gasteiger charge is 2.23. The Morgan fingerprint density at radius 2 is 2.11 bits per heavy atom. The Morgan fingerprint density at radius 3 is 2.85 bits per heavy atom. The van der Waals surface area contributed by atoms with Gasteiger partial charge in [-0.15, -0.1) is 0 Å².